The summed E-state index contributed by atoms with van der Waals surface area (Å²) in [5.41, 5.74) is 11.7. The summed E-state index contributed by atoms with van der Waals surface area (Å²) in [5, 5.41) is 2.45. The molecule has 0 aliphatic carbocycles. The van der Waals surface area contributed by atoms with Crippen molar-refractivity contribution >= 4 is 38.9 Å². The monoisotopic (exact) mass is 562 g/mol. The first kappa shape index (κ1) is 25.8. The van der Waals surface area contributed by atoms with Gasteiger partial charge in [-0.2, -0.15) is 0 Å². The molecule has 0 unspecified atom stereocenters. The molecule has 0 atom stereocenters. The molecule has 44 heavy (non-hydrogen) atoms. The number of aromatic nitrogens is 1. The van der Waals surface area contributed by atoms with Crippen molar-refractivity contribution in [3.05, 3.63) is 182 Å². The molecule has 8 aromatic rings. The number of para-hydroxylation sites is 4. The van der Waals surface area contributed by atoms with E-state index in [2.05, 4.69) is 191 Å². The van der Waals surface area contributed by atoms with Gasteiger partial charge in [0.25, 0.3) is 0 Å². The van der Waals surface area contributed by atoms with E-state index in [0.717, 1.165) is 22.7 Å². The van der Waals surface area contributed by atoms with Gasteiger partial charge in [0, 0.05) is 33.4 Å². The van der Waals surface area contributed by atoms with Gasteiger partial charge < -0.3 is 9.47 Å². The highest BCUT2D eigenvalue weighted by Crippen LogP contribution is 2.47. The van der Waals surface area contributed by atoms with Gasteiger partial charge in [-0.15, -0.1) is 0 Å². The summed E-state index contributed by atoms with van der Waals surface area (Å²) in [7, 11) is 0. The maximum absolute atomic E-state index is 2.40. The summed E-state index contributed by atoms with van der Waals surface area (Å²) >= 11 is 0. The smallest absolute Gasteiger partial charge is 0.0548 e. The average Bonchev–Trinajstić information content (AvgIpc) is 3.43. The summed E-state index contributed by atoms with van der Waals surface area (Å²) in [6, 6.07) is 65.1. The molecule has 1 heterocycles. The Morgan fingerprint density at radius 3 is 1.55 bits per heavy atom. The average molecular weight is 563 g/mol. The number of hydrogen-bond donors (Lipinski definition) is 0. The molecular formula is C42H30N2. The van der Waals surface area contributed by atoms with Crippen molar-refractivity contribution in [2.75, 3.05) is 4.90 Å². The quantitative estimate of drug-likeness (QED) is 0.196. The van der Waals surface area contributed by atoms with Crippen LogP contribution in [0.25, 0.3) is 49.7 Å². The van der Waals surface area contributed by atoms with Gasteiger partial charge in [0.05, 0.1) is 16.7 Å². The Kier molecular flexibility index (Phi) is 6.51. The lowest BCUT2D eigenvalue weighted by atomic mass is 9.92. The van der Waals surface area contributed by atoms with E-state index in [1.165, 1.54) is 44.1 Å². The molecular weight excluding hydrogens is 532 g/mol. The number of hydrogen-bond acceptors (Lipinski definition) is 1. The lowest BCUT2D eigenvalue weighted by molar-refractivity contribution is 1.18. The van der Waals surface area contributed by atoms with Crippen molar-refractivity contribution in [3.8, 4) is 27.9 Å². The van der Waals surface area contributed by atoms with E-state index in [-0.39, 0.29) is 0 Å². The molecule has 0 radical (unpaired) electrons. The third-order valence-electron chi connectivity index (χ3n) is 8.38. The van der Waals surface area contributed by atoms with Crippen LogP contribution in [0.5, 0.6) is 0 Å². The Hall–Kier alpha value is -5.86. The fraction of sp³-hybridized carbons (Fsp3) is 0. The van der Waals surface area contributed by atoms with E-state index in [1.54, 1.807) is 0 Å². The van der Waals surface area contributed by atoms with E-state index in [9.17, 15) is 0 Å². The molecule has 7 aromatic carbocycles. The standard InChI is InChI=1S/C42H30N2/c1-5-17-31(18-6-1)35-25-13-14-26-36(35)38-29-42-39(37-27-15-16-28-40(37)44(42)34-23-11-4-12-24-34)30-41(38)43(32-19-7-2-8-20-32)33-21-9-3-10-22-33/h1-30H. The molecule has 0 aliphatic heterocycles. The van der Waals surface area contributed by atoms with Gasteiger partial charge in [-0.25, -0.2) is 0 Å². The molecule has 1 aromatic heterocycles. The molecule has 0 saturated heterocycles. The fourth-order valence-corrected chi connectivity index (χ4v) is 6.43. The van der Waals surface area contributed by atoms with Gasteiger partial charge in [0.1, 0.15) is 0 Å². The number of anilines is 3. The normalized spacial score (nSPS) is 11.2. The zero-order valence-electron chi connectivity index (χ0n) is 24.2. The zero-order chi connectivity index (χ0) is 29.3. The van der Waals surface area contributed by atoms with Crippen molar-refractivity contribution < 1.29 is 0 Å². The first-order valence-electron chi connectivity index (χ1n) is 15.0. The molecule has 2 heteroatoms. The van der Waals surface area contributed by atoms with Crippen LogP contribution in [0.4, 0.5) is 17.1 Å². The zero-order valence-corrected chi connectivity index (χ0v) is 24.2. The second-order valence-electron chi connectivity index (χ2n) is 11.0. The Bertz CT molecular complexity index is 2160. The van der Waals surface area contributed by atoms with Crippen LogP contribution in [0.1, 0.15) is 0 Å². The first-order valence-corrected chi connectivity index (χ1v) is 15.0. The minimum Gasteiger partial charge on any atom is -0.310 e. The predicted molar refractivity (Wildman–Crippen MR) is 186 cm³/mol. The van der Waals surface area contributed by atoms with Crippen LogP contribution in [0.3, 0.4) is 0 Å². The maximum atomic E-state index is 2.40. The van der Waals surface area contributed by atoms with Crippen molar-refractivity contribution in [2.24, 2.45) is 0 Å². The number of rotatable bonds is 6. The second-order valence-corrected chi connectivity index (χ2v) is 11.0. The summed E-state index contributed by atoms with van der Waals surface area (Å²) in [4.78, 5) is 2.39. The lowest BCUT2D eigenvalue weighted by Crippen LogP contribution is -2.11. The van der Waals surface area contributed by atoms with E-state index >= 15 is 0 Å². The highest BCUT2D eigenvalue weighted by atomic mass is 15.1. The van der Waals surface area contributed by atoms with Crippen molar-refractivity contribution in [3.63, 3.8) is 0 Å². The SMILES string of the molecule is c1ccc(-c2ccccc2-c2cc3c(cc2N(c2ccccc2)c2ccccc2)c2ccccc2n3-c2ccccc2)cc1. The third kappa shape index (κ3) is 4.45. The number of benzene rings is 7. The minimum absolute atomic E-state index is 1.11. The summed E-state index contributed by atoms with van der Waals surface area (Å²) < 4.78 is 2.40. The van der Waals surface area contributed by atoms with Gasteiger partial charge in [-0.3, -0.25) is 0 Å². The van der Waals surface area contributed by atoms with Crippen LogP contribution in [-0.2, 0) is 0 Å². The van der Waals surface area contributed by atoms with Crippen LogP contribution < -0.4 is 4.90 Å². The molecule has 208 valence electrons. The molecule has 2 nitrogen and oxygen atoms in total. The minimum atomic E-state index is 1.11. The molecule has 0 aliphatic rings. The fourth-order valence-electron chi connectivity index (χ4n) is 6.43. The third-order valence-corrected chi connectivity index (χ3v) is 8.38. The Morgan fingerprint density at radius 1 is 0.364 bits per heavy atom. The van der Waals surface area contributed by atoms with E-state index < -0.39 is 0 Å². The number of nitrogens with zero attached hydrogens (tertiary/aromatic N) is 2. The van der Waals surface area contributed by atoms with Crippen LogP contribution in [0.15, 0.2) is 182 Å². The van der Waals surface area contributed by atoms with Crippen LogP contribution >= 0.6 is 0 Å². The van der Waals surface area contributed by atoms with Crippen molar-refractivity contribution in [1.29, 1.82) is 0 Å². The molecule has 0 amide bonds. The Morgan fingerprint density at radius 2 is 0.886 bits per heavy atom. The van der Waals surface area contributed by atoms with Crippen LogP contribution in [0, 0.1) is 0 Å². The molecule has 0 spiro atoms. The van der Waals surface area contributed by atoms with Gasteiger partial charge in [-0.1, -0.05) is 127 Å². The lowest BCUT2D eigenvalue weighted by Gasteiger charge is -2.29. The topological polar surface area (TPSA) is 8.17 Å². The second kappa shape index (κ2) is 11.1. The maximum Gasteiger partial charge on any atom is 0.0548 e. The van der Waals surface area contributed by atoms with Crippen LogP contribution in [-0.4, -0.2) is 4.57 Å². The molecule has 0 fully saturated rings. The first-order chi connectivity index (χ1) is 21.9. The molecule has 0 bridgehead atoms. The summed E-state index contributed by atoms with van der Waals surface area (Å²) in [6.45, 7) is 0. The van der Waals surface area contributed by atoms with Gasteiger partial charge in [-0.05, 0) is 71.3 Å². The van der Waals surface area contributed by atoms with Crippen molar-refractivity contribution in [2.45, 2.75) is 0 Å². The molecule has 8 rings (SSSR count). The van der Waals surface area contributed by atoms with E-state index in [1.807, 2.05) is 0 Å². The van der Waals surface area contributed by atoms with E-state index in [4.69, 9.17) is 0 Å². The van der Waals surface area contributed by atoms with Gasteiger partial charge in [0.15, 0.2) is 0 Å². The Labute approximate surface area is 257 Å². The highest BCUT2D eigenvalue weighted by molar-refractivity contribution is 6.13. The van der Waals surface area contributed by atoms with Gasteiger partial charge in [0.2, 0.25) is 0 Å². The largest absolute Gasteiger partial charge is 0.310 e. The van der Waals surface area contributed by atoms with Gasteiger partial charge >= 0.3 is 0 Å². The van der Waals surface area contributed by atoms with Crippen molar-refractivity contribution in [1.82, 2.24) is 4.57 Å². The summed E-state index contributed by atoms with van der Waals surface area (Å²) in [5.74, 6) is 0. The Balaban J connectivity index is 1.52. The molecule has 0 N–H and O–H groups in total. The summed E-state index contributed by atoms with van der Waals surface area (Å²) in [6.07, 6.45) is 0. The molecule has 0 saturated carbocycles. The van der Waals surface area contributed by atoms with Crippen LogP contribution in [0.2, 0.25) is 0 Å². The number of fused-ring (bicyclic) bond motifs is 3. The van der Waals surface area contributed by atoms with E-state index in [0.29, 0.717) is 0 Å². The highest BCUT2D eigenvalue weighted by Gasteiger charge is 2.23. The predicted octanol–water partition coefficient (Wildman–Crippen LogP) is 11.6.